The molecule has 4 nitrogen and oxygen atoms in total. The maximum atomic E-state index is 10.2. The average molecular weight is 179 g/mol. The maximum absolute atomic E-state index is 10.2. The molecule has 0 aliphatic carbocycles. The van der Waals surface area contributed by atoms with Crippen LogP contribution in [0, 0.1) is 0 Å². The molecular weight excluding hydrogens is 166 g/mol. The van der Waals surface area contributed by atoms with Crippen LogP contribution in [-0.4, -0.2) is 24.8 Å². The molecule has 66 valence electrons. The summed E-state index contributed by atoms with van der Waals surface area (Å²) in [6.07, 6.45) is 3.68. The smallest absolute Gasteiger partial charge is 0.264 e. The lowest BCUT2D eigenvalue weighted by atomic mass is 10.2. The van der Waals surface area contributed by atoms with Crippen molar-refractivity contribution < 1.29 is 13.0 Å². The second-order valence-corrected chi connectivity index (χ2v) is 3.84. The van der Waals surface area contributed by atoms with E-state index in [2.05, 4.69) is 0 Å². The Hall–Kier alpha value is -0.390. The first kappa shape index (κ1) is 10.6. The Morgan fingerprint density at radius 3 is 2.55 bits per heavy atom. The third-order valence-corrected chi connectivity index (χ3v) is 1.90. The Morgan fingerprint density at radius 1 is 1.64 bits per heavy atom. The monoisotopic (exact) mass is 179 g/mol. The maximum Gasteiger partial charge on any atom is 0.264 e. The van der Waals surface area contributed by atoms with Crippen LogP contribution in [0.25, 0.3) is 0 Å². The number of hydrogen-bond acceptors (Lipinski definition) is 3. The molecule has 0 bridgehead atoms. The van der Waals surface area contributed by atoms with Gasteiger partial charge < -0.3 is 5.73 Å². The summed E-state index contributed by atoms with van der Waals surface area (Å²) in [5.41, 5.74) is 5.43. The number of allylic oxidation sites excluding steroid dienone is 1. The van der Waals surface area contributed by atoms with Crippen molar-refractivity contribution in [3.63, 3.8) is 0 Å². The molecule has 0 rings (SSSR count). The molecular formula is C6H13NO3S. The van der Waals surface area contributed by atoms with Gasteiger partial charge in [-0.05, 0) is 13.3 Å². The summed E-state index contributed by atoms with van der Waals surface area (Å²) in [7, 11) is -3.85. The van der Waals surface area contributed by atoms with Gasteiger partial charge in [-0.3, -0.25) is 4.55 Å². The van der Waals surface area contributed by atoms with Gasteiger partial charge in [-0.1, -0.05) is 12.2 Å². The lowest BCUT2D eigenvalue weighted by Gasteiger charge is -2.02. The van der Waals surface area contributed by atoms with Crippen LogP contribution >= 0.6 is 0 Å². The van der Waals surface area contributed by atoms with Crippen LogP contribution in [0.4, 0.5) is 0 Å². The molecule has 0 fully saturated rings. The molecule has 0 aromatic rings. The summed E-state index contributed by atoms with van der Waals surface area (Å²) in [4.78, 5) is 0. The standard InChI is InChI=1S/C6H13NO3S/c1-2-3-6(7)4-5-11(8,9)10/h2-3,6H,4-5,7H2,1H3,(H,8,9,10). The molecule has 0 aromatic carbocycles. The molecule has 0 radical (unpaired) electrons. The largest absolute Gasteiger partial charge is 0.324 e. The normalized spacial score (nSPS) is 15.5. The lowest BCUT2D eigenvalue weighted by molar-refractivity contribution is 0.479. The zero-order chi connectivity index (χ0) is 8.91. The van der Waals surface area contributed by atoms with Crippen molar-refractivity contribution in [3.05, 3.63) is 12.2 Å². The minimum Gasteiger partial charge on any atom is -0.324 e. The summed E-state index contributed by atoms with van der Waals surface area (Å²) in [5, 5.41) is 0. The predicted molar refractivity (Wildman–Crippen MR) is 43.8 cm³/mol. The first-order valence-corrected chi connectivity index (χ1v) is 4.90. The SMILES string of the molecule is CC=CC(N)CCS(=O)(=O)O. The van der Waals surface area contributed by atoms with Crippen LogP contribution in [0.15, 0.2) is 12.2 Å². The van der Waals surface area contributed by atoms with Gasteiger partial charge in [0.25, 0.3) is 10.1 Å². The minimum atomic E-state index is -3.85. The highest BCUT2D eigenvalue weighted by Crippen LogP contribution is 1.94. The van der Waals surface area contributed by atoms with E-state index < -0.39 is 10.1 Å². The van der Waals surface area contributed by atoms with E-state index in [-0.39, 0.29) is 18.2 Å². The summed E-state index contributed by atoms with van der Waals surface area (Å²) in [6, 6.07) is -0.290. The van der Waals surface area contributed by atoms with Crippen molar-refractivity contribution in [2.45, 2.75) is 19.4 Å². The second-order valence-electron chi connectivity index (χ2n) is 2.26. The number of hydrogen-bond donors (Lipinski definition) is 2. The quantitative estimate of drug-likeness (QED) is 0.476. The highest BCUT2D eigenvalue weighted by molar-refractivity contribution is 7.85. The fraction of sp³-hybridized carbons (Fsp3) is 0.667. The van der Waals surface area contributed by atoms with Crippen molar-refractivity contribution in [1.82, 2.24) is 0 Å². The topological polar surface area (TPSA) is 80.4 Å². The van der Waals surface area contributed by atoms with Crippen LogP contribution in [0.1, 0.15) is 13.3 Å². The van der Waals surface area contributed by atoms with Crippen LogP contribution in [0.5, 0.6) is 0 Å². The zero-order valence-corrected chi connectivity index (χ0v) is 7.21. The second kappa shape index (κ2) is 4.48. The van der Waals surface area contributed by atoms with Crippen LogP contribution in [0.2, 0.25) is 0 Å². The molecule has 3 N–H and O–H groups in total. The average Bonchev–Trinajstić information content (AvgIpc) is 1.83. The molecule has 11 heavy (non-hydrogen) atoms. The lowest BCUT2D eigenvalue weighted by Crippen LogP contribution is -2.20. The third-order valence-electron chi connectivity index (χ3n) is 1.15. The molecule has 0 aliphatic heterocycles. The Labute approximate surface area is 66.8 Å². The Kier molecular flexibility index (Phi) is 4.32. The van der Waals surface area contributed by atoms with Crippen LogP contribution in [-0.2, 0) is 10.1 Å². The molecule has 0 aromatic heterocycles. The number of nitrogens with two attached hydrogens (primary N) is 1. The molecule has 1 atom stereocenters. The summed E-state index contributed by atoms with van der Waals surface area (Å²) in [5.74, 6) is -0.279. The van der Waals surface area contributed by atoms with Gasteiger partial charge in [-0.2, -0.15) is 8.42 Å². The van der Waals surface area contributed by atoms with Gasteiger partial charge in [-0.15, -0.1) is 0 Å². The van der Waals surface area contributed by atoms with E-state index in [1.165, 1.54) is 0 Å². The Morgan fingerprint density at radius 2 is 2.18 bits per heavy atom. The van der Waals surface area contributed by atoms with Crippen molar-refractivity contribution in [2.75, 3.05) is 5.75 Å². The fourth-order valence-electron chi connectivity index (χ4n) is 0.628. The molecule has 5 heteroatoms. The molecule has 0 spiro atoms. The molecule has 0 amide bonds. The van der Waals surface area contributed by atoms with Crippen molar-refractivity contribution in [1.29, 1.82) is 0 Å². The predicted octanol–water partition coefficient (Wildman–Crippen LogP) is 0.168. The van der Waals surface area contributed by atoms with Crippen LogP contribution < -0.4 is 5.73 Å². The van der Waals surface area contributed by atoms with E-state index in [0.717, 1.165) is 0 Å². The summed E-state index contributed by atoms with van der Waals surface area (Å²) in [6.45, 7) is 1.80. The number of rotatable bonds is 4. The van der Waals surface area contributed by atoms with Crippen molar-refractivity contribution in [3.8, 4) is 0 Å². The molecule has 0 saturated carbocycles. The molecule has 0 heterocycles. The van der Waals surface area contributed by atoms with Gasteiger partial charge in [0, 0.05) is 6.04 Å². The summed E-state index contributed by atoms with van der Waals surface area (Å²) >= 11 is 0. The van der Waals surface area contributed by atoms with E-state index in [0.29, 0.717) is 0 Å². The molecule has 0 saturated heterocycles. The van der Waals surface area contributed by atoms with Gasteiger partial charge >= 0.3 is 0 Å². The van der Waals surface area contributed by atoms with Crippen molar-refractivity contribution >= 4 is 10.1 Å². The molecule has 1 unspecified atom stereocenters. The fourth-order valence-corrected chi connectivity index (χ4v) is 1.20. The Bertz CT molecular complexity index is 220. The first-order chi connectivity index (χ1) is 4.95. The Balaban J connectivity index is 3.72. The van der Waals surface area contributed by atoms with E-state index in [1.807, 2.05) is 0 Å². The highest BCUT2D eigenvalue weighted by atomic mass is 32.2. The van der Waals surface area contributed by atoms with Gasteiger partial charge in [0.2, 0.25) is 0 Å². The van der Waals surface area contributed by atoms with Crippen molar-refractivity contribution in [2.24, 2.45) is 5.73 Å². The van der Waals surface area contributed by atoms with E-state index in [9.17, 15) is 8.42 Å². The highest BCUT2D eigenvalue weighted by Gasteiger charge is 2.06. The molecule has 0 aliphatic rings. The van der Waals surface area contributed by atoms with Gasteiger partial charge in [0.1, 0.15) is 0 Å². The van der Waals surface area contributed by atoms with E-state index in [4.69, 9.17) is 10.3 Å². The first-order valence-electron chi connectivity index (χ1n) is 3.29. The third kappa shape index (κ3) is 7.51. The van der Waals surface area contributed by atoms with Crippen LogP contribution in [0.3, 0.4) is 0 Å². The zero-order valence-electron chi connectivity index (χ0n) is 6.40. The van der Waals surface area contributed by atoms with E-state index >= 15 is 0 Å². The van der Waals surface area contributed by atoms with Gasteiger partial charge in [0.15, 0.2) is 0 Å². The minimum absolute atomic E-state index is 0.253. The van der Waals surface area contributed by atoms with Gasteiger partial charge in [0.05, 0.1) is 5.75 Å². The van der Waals surface area contributed by atoms with Gasteiger partial charge in [-0.25, -0.2) is 0 Å². The summed E-state index contributed by atoms with van der Waals surface area (Å²) < 4.78 is 28.8. The van der Waals surface area contributed by atoms with E-state index in [1.54, 1.807) is 19.1 Å².